The molecule has 0 amide bonds. The zero-order valence-corrected chi connectivity index (χ0v) is 10.1. The minimum atomic E-state index is -1.42. The molecule has 0 radical (unpaired) electrons. The maximum absolute atomic E-state index is 11.0. The number of hydrogen-bond donors (Lipinski definition) is 3. The number of aliphatic hydroxyl groups excluding tert-OH is 2. The second-order valence-electron chi connectivity index (χ2n) is 3.66. The fourth-order valence-electron chi connectivity index (χ4n) is 1.61. The van der Waals surface area contributed by atoms with E-state index in [4.69, 9.17) is 15.4 Å². The molecule has 3 N–H and O–H groups in total. The highest BCUT2D eigenvalue weighted by molar-refractivity contribution is 5.91. The van der Waals surface area contributed by atoms with Crippen LogP contribution in [0, 0.1) is 0 Å². The number of azide groups is 1. The summed E-state index contributed by atoms with van der Waals surface area (Å²) in [7, 11) is 1.26. The lowest BCUT2D eigenvalue weighted by atomic mass is 10.00. The van der Waals surface area contributed by atoms with E-state index in [9.17, 15) is 15.0 Å². The molecule has 0 fully saturated rings. The summed E-state index contributed by atoms with van der Waals surface area (Å²) in [6, 6.07) is 4.16. The Bertz CT molecular complexity index is 513. The van der Waals surface area contributed by atoms with Crippen LogP contribution in [0.25, 0.3) is 10.4 Å². The van der Waals surface area contributed by atoms with Gasteiger partial charge in [0.05, 0.1) is 19.8 Å². The molecule has 2 unspecified atom stereocenters. The van der Waals surface area contributed by atoms with Gasteiger partial charge in [0.15, 0.2) is 0 Å². The van der Waals surface area contributed by atoms with Gasteiger partial charge in [0.25, 0.3) is 0 Å². The number of aliphatic hydroxyl groups is 2. The standard InChI is InChI=1S/C11H13N3O5/c1-19-10-6(3-2-4-7(10)11(17)18)9(16)8(15)5-13-14-12/h2-4,8-9,15-16H,5H2,1H3,(H,17,18). The third-order valence-corrected chi connectivity index (χ3v) is 2.50. The maximum Gasteiger partial charge on any atom is 0.339 e. The summed E-state index contributed by atoms with van der Waals surface area (Å²) in [5.41, 5.74) is 8.13. The molecule has 8 heteroatoms. The largest absolute Gasteiger partial charge is 0.495 e. The van der Waals surface area contributed by atoms with E-state index in [0.29, 0.717) is 0 Å². The number of hydrogen-bond acceptors (Lipinski definition) is 5. The van der Waals surface area contributed by atoms with Crippen molar-refractivity contribution in [2.75, 3.05) is 13.7 Å². The summed E-state index contributed by atoms with van der Waals surface area (Å²) in [4.78, 5) is 13.5. The molecule has 0 saturated heterocycles. The van der Waals surface area contributed by atoms with Gasteiger partial charge in [-0.25, -0.2) is 4.79 Å². The third kappa shape index (κ3) is 3.35. The number of benzene rings is 1. The first-order chi connectivity index (χ1) is 9.02. The van der Waals surface area contributed by atoms with E-state index in [1.165, 1.54) is 25.3 Å². The van der Waals surface area contributed by atoms with Gasteiger partial charge < -0.3 is 20.1 Å². The molecule has 0 aliphatic carbocycles. The van der Waals surface area contributed by atoms with Crippen molar-refractivity contribution in [3.05, 3.63) is 39.8 Å². The molecule has 0 aromatic heterocycles. The van der Waals surface area contributed by atoms with E-state index in [0.717, 1.165) is 0 Å². The van der Waals surface area contributed by atoms with Crippen LogP contribution in [0.4, 0.5) is 0 Å². The minimum Gasteiger partial charge on any atom is -0.495 e. The first-order valence-corrected chi connectivity index (χ1v) is 5.30. The van der Waals surface area contributed by atoms with Crippen LogP contribution in [0.2, 0.25) is 0 Å². The second-order valence-corrected chi connectivity index (χ2v) is 3.66. The summed E-state index contributed by atoms with van der Waals surface area (Å²) in [5.74, 6) is -1.25. The van der Waals surface area contributed by atoms with E-state index in [1.54, 1.807) is 0 Å². The molecule has 1 aromatic carbocycles. The average Bonchev–Trinajstić information content (AvgIpc) is 2.42. The fourth-order valence-corrected chi connectivity index (χ4v) is 1.61. The Morgan fingerprint density at radius 3 is 2.74 bits per heavy atom. The van der Waals surface area contributed by atoms with Crippen molar-refractivity contribution < 1.29 is 24.9 Å². The summed E-state index contributed by atoms with van der Waals surface area (Å²) in [5, 5.41) is 31.7. The lowest BCUT2D eigenvalue weighted by Gasteiger charge is -2.19. The van der Waals surface area contributed by atoms with Crippen molar-refractivity contribution >= 4 is 5.97 Å². The van der Waals surface area contributed by atoms with Gasteiger partial charge in [-0.2, -0.15) is 0 Å². The molecule has 2 atom stereocenters. The van der Waals surface area contributed by atoms with E-state index in [1.807, 2.05) is 0 Å². The number of nitrogens with zero attached hydrogens (tertiary/aromatic N) is 3. The normalized spacial score (nSPS) is 13.2. The molecule has 0 spiro atoms. The van der Waals surface area contributed by atoms with Gasteiger partial charge in [0, 0.05) is 10.5 Å². The molecule has 0 saturated carbocycles. The number of carboxylic acids is 1. The van der Waals surface area contributed by atoms with E-state index in [2.05, 4.69) is 10.0 Å². The highest BCUT2D eigenvalue weighted by Gasteiger charge is 2.24. The maximum atomic E-state index is 11.0. The van der Waals surface area contributed by atoms with Crippen LogP contribution in [0.15, 0.2) is 23.3 Å². The van der Waals surface area contributed by atoms with Gasteiger partial charge in [-0.3, -0.25) is 0 Å². The van der Waals surface area contributed by atoms with Gasteiger partial charge in [0.1, 0.15) is 17.4 Å². The minimum absolute atomic E-state index is 0.0394. The van der Waals surface area contributed by atoms with E-state index < -0.39 is 18.2 Å². The number of carboxylic acid groups (broad SMARTS) is 1. The van der Waals surface area contributed by atoms with Crippen molar-refractivity contribution in [2.45, 2.75) is 12.2 Å². The molecule has 8 nitrogen and oxygen atoms in total. The van der Waals surface area contributed by atoms with Crippen molar-refractivity contribution in [1.29, 1.82) is 0 Å². The Hall–Kier alpha value is -2.28. The molecule has 0 aliphatic heterocycles. The van der Waals surface area contributed by atoms with Crippen LogP contribution >= 0.6 is 0 Å². The Balaban J connectivity index is 3.15. The third-order valence-electron chi connectivity index (χ3n) is 2.50. The molecule has 102 valence electrons. The molecule has 0 aliphatic rings. The first-order valence-electron chi connectivity index (χ1n) is 5.30. The van der Waals surface area contributed by atoms with Gasteiger partial charge in [-0.05, 0) is 11.6 Å². The summed E-state index contributed by atoms with van der Waals surface area (Å²) >= 11 is 0. The fraction of sp³-hybridized carbons (Fsp3) is 0.364. The van der Waals surface area contributed by atoms with Crippen molar-refractivity contribution in [3.63, 3.8) is 0 Å². The molecular formula is C11H13N3O5. The Labute approximate surface area is 108 Å². The smallest absolute Gasteiger partial charge is 0.339 e. The molecule has 19 heavy (non-hydrogen) atoms. The van der Waals surface area contributed by atoms with Gasteiger partial charge in [-0.1, -0.05) is 17.2 Å². The average molecular weight is 267 g/mol. The molecule has 1 aromatic rings. The van der Waals surface area contributed by atoms with Gasteiger partial charge in [-0.15, -0.1) is 0 Å². The van der Waals surface area contributed by atoms with Crippen molar-refractivity contribution in [2.24, 2.45) is 5.11 Å². The topological polar surface area (TPSA) is 136 Å². The summed E-state index contributed by atoms with van der Waals surface area (Å²) < 4.78 is 4.96. The van der Waals surface area contributed by atoms with Crippen molar-refractivity contribution in [1.82, 2.24) is 0 Å². The lowest BCUT2D eigenvalue weighted by Crippen LogP contribution is -2.22. The summed E-state index contributed by atoms with van der Waals surface area (Å²) in [6.07, 6.45) is -2.77. The predicted octanol–water partition coefficient (Wildman–Crippen LogP) is 1.10. The molecule has 0 bridgehead atoms. The Morgan fingerprint density at radius 2 is 2.21 bits per heavy atom. The lowest BCUT2D eigenvalue weighted by molar-refractivity contribution is 0.0228. The van der Waals surface area contributed by atoms with Crippen LogP contribution in [0.3, 0.4) is 0 Å². The number of methoxy groups -OCH3 is 1. The number of aromatic carboxylic acids is 1. The monoisotopic (exact) mass is 267 g/mol. The van der Waals surface area contributed by atoms with Crippen molar-refractivity contribution in [3.8, 4) is 5.75 Å². The van der Waals surface area contributed by atoms with Gasteiger partial charge in [0.2, 0.25) is 0 Å². The predicted molar refractivity (Wildman–Crippen MR) is 64.9 cm³/mol. The zero-order valence-electron chi connectivity index (χ0n) is 10.1. The number of carbonyl (C=O) groups is 1. The van der Waals surface area contributed by atoms with Gasteiger partial charge >= 0.3 is 5.97 Å². The van der Waals surface area contributed by atoms with Crippen LogP contribution in [0.5, 0.6) is 5.75 Å². The zero-order chi connectivity index (χ0) is 14.4. The number of rotatable bonds is 6. The van der Waals surface area contributed by atoms with Crippen LogP contribution in [0.1, 0.15) is 22.0 Å². The Kier molecular flexibility index (Phi) is 5.13. The molecular weight excluding hydrogens is 254 g/mol. The van der Waals surface area contributed by atoms with Crippen LogP contribution in [-0.4, -0.2) is 41.0 Å². The Morgan fingerprint density at radius 1 is 1.53 bits per heavy atom. The quantitative estimate of drug-likeness (QED) is 0.402. The summed E-state index contributed by atoms with van der Waals surface area (Å²) in [6.45, 7) is -0.335. The highest BCUT2D eigenvalue weighted by atomic mass is 16.5. The molecule has 1 rings (SSSR count). The molecule has 0 heterocycles. The van der Waals surface area contributed by atoms with Crippen LogP contribution in [-0.2, 0) is 0 Å². The number of para-hydroxylation sites is 1. The second kappa shape index (κ2) is 6.60. The van der Waals surface area contributed by atoms with Crippen LogP contribution < -0.4 is 4.74 Å². The number of ether oxygens (including phenoxy) is 1. The first kappa shape index (κ1) is 14.8. The highest BCUT2D eigenvalue weighted by Crippen LogP contribution is 2.31. The van der Waals surface area contributed by atoms with E-state index >= 15 is 0 Å². The van der Waals surface area contributed by atoms with E-state index in [-0.39, 0.29) is 23.4 Å². The SMILES string of the molecule is COc1c(C(=O)O)cccc1C(O)C(O)CN=[N+]=[N-].